The van der Waals surface area contributed by atoms with E-state index in [1.165, 1.54) is 18.0 Å². The van der Waals surface area contributed by atoms with Gasteiger partial charge < -0.3 is 19.4 Å². The Kier molecular flexibility index (Phi) is 5.85. The molecule has 5 heterocycles. The molecule has 2 aliphatic heterocycles. The van der Waals surface area contributed by atoms with Crippen LogP contribution < -0.4 is 5.32 Å². The lowest BCUT2D eigenvalue weighted by Gasteiger charge is -2.22. The summed E-state index contributed by atoms with van der Waals surface area (Å²) in [4.78, 5) is 28.3. The third-order valence-corrected chi connectivity index (χ3v) is 8.68. The molecule has 10 heteroatoms. The van der Waals surface area contributed by atoms with E-state index in [-0.39, 0.29) is 34.2 Å². The van der Waals surface area contributed by atoms with Crippen molar-refractivity contribution in [3.05, 3.63) is 47.9 Å². The molecule has 3 fully saturated rings. The van der Waals surface area contributed by atoms with Crippen molar-refractivity contribution in [1.29, 1.82) is 0 Å². The first-order chi connectivity index (χ1) is 18.9. The summed E-state index contributed by atoms with van der Waals surface area (Å²) >= 11 is 0. The van der Waals surface area contributed by atoms with Crippen molar-refractivity contribution in [2.75, 3.05) is 38.7 Å². The highest BCUT2D eigenvalue weighted by atomic mass is 19.3. The van der Waals surface area contributed by atoms with E-state index < -0.39 is 6.43 Å². The Bertz CT molecular complexity index is 1580. The van der Waals surface area contributed by atoms with E-state index in [0.717, 1.165) is 52.0 Å². The van der Waals surface area contributed by atoms with Gasteiger partial charge in [-0.25, -0.2) is 18.7 Å². The van der Waals surface area contributed by atoms with Crippen LogP contribution in [0.4, 0.5) is 14.6 Å². The fourth-order valence-corrected chi connectivity index (χ4v) is 6.40. The monoisotopic (exact) mass is 533 g/mol. The highest BCUT2D eigenvalue weighted by Gasteiger charge is 2.60. The van der Waals surface area contributed by atoms with Crippen LogP contribution in [-0.4, -0.2) is 59.1 Å². The van der Waals surface area contributed by atoms with Gasteiger partial charge in [0, 0.05) is 48.8 Å². The number of ether oxygens (including phenoxy) is 1. The van der Waals surface area contributed by atoms with Crippen LogP contribution in [0.25, 0.3) is 33.3 Å². The average Bonchev–Trinajstić information content (AvgIpc) is 3.27. The van der Waals surface area contributed by atoms with E-state index in [2.05, 4.69) is 27.2 Å². The fraction of sp³-hybridized carbons (Fsp3) is 0.448. The number of anilines is 1. The molecule has 2 saturated heterocycles. The molecular weight excluding hydrogens is 504 g/mol. The van der Waals surface area contributed by atoms with Crippen LogP contribution in [0.3, 0.4) is 0 Å². The number of pyridine rings is 2. The largest absolute Gasteiger partial charge is 0.436 e. The topological polar surface area (TPSA) is 93.4 Å². The number of benzene rings is 1. The van der Waals surface area contributed by atoms with Gasteiger partial charge in [0.1, 0.15) is 17.0 Å². The summed E-state index contributed by atoms with van der Waals surface area (Å²) in [5.74, 6) is 0.862. The summed E-state index contributed by atoms with van der Waals surface area (Å²) < 4.78 is 39.2. The van der Waals surface area contributed by atoms with Crippen molar-refractivity contribution in [2.24, 2.45) is 11.3 Å². The lowest BCUT2D eigenvalue weighted by molar-refractivity contribution is -0.118. The number of oxazole rings is 1. The van der Waals surface area contributed by atoms with E-state index >= 15 is 0 Å². The van der Waals surface area contributed by atoms with Gasteiger partial charge >= 0.3 is 0 Å². The minimum Gasteiger partial charge on any atom is -0.436 e. The maximum absolute atomic E-state index is 13.8. The SMILES string of the molecule is CN1CC[C@@]2(C[C@@H]2C(=O)Nc2cc3c(-c4nc5cc(C6CCOCC6)ccc5o4)cnc(C(F)F)c3cn2)C1. The number of fused-ring (bicyclic) bond motifs is 2. The summed E-state index contributed by atoms with van der Waals surface area (Å²) in [6, 6.07) is 7.60. The number of likely N-dealkylation sites (tertiary alicyclic amines) is 1. The van der Waals surface area contributed by atoms with Crippen molar-refractivity contribution in [2.45, 2.75) is 38.0 Å². The Morgan fingerprint density at radius 2 is 2.00 bits per heavy atom. The molecule has 8 nitrogen and oxygen atoms in total. The molecule has 39 heavy (non-hydrogen) atoms. The molecule has 1 aromatic carbocycles. The molecule has 0 unspecified atom stereocenters. The third kappa shape index (κ3) is 4.35. The maximum atomic E-state index is 13.8. The molecule has 0 radical (unpaired) electrons. The molecule has 3 aromatic heterocycles. The number of rotatable bonds is 5. The molecule has 1 amide bonds. The van der Waals surface area contributed by atoms with Gasteiger partial charge in [-0.2, -0.15) is 0 Å². The number of halogens is 2. The standard InChI is InChI=1S/C29H29F2N5O3/c1-36-7-6-29(15-36)12-21(29)27(37)35-24-11-18-19(13-32-24)25(26(30)31)33-14-20(18)28-34-22-10-17(2-3-23(22)39-28)16-4-8-38-9-5-16/h2-3,10-11,13-14,16,21,26H,4-9,12,15H2,1H3,(H,32,35,37)/t21-,29-/m1/s1. The van der Waals surface area contributed by atoms with Crippen molar-refractivity contribution in [3.8, 4) is 11.5 Å². The molecule has 2 atom stereocenters. The van der Waals surface area contributed by atoms with Crippen molar-refractivity contribution in [3.63, 3.8) is 0 Å². The number of alkyl halides is 2. The van der Waals surface area contributed by atoms with E-state index in [1.54, 1.807) is 6.07 Å². The summed E-state index contributed by atoms with van der Waals surface area (Å²) in [6.07, 6.45) is 3.72. The average molecular weight is 534 g/mol. The molecule has 202 valence electrons. The zero-order chi connectivity index (χ0) is 26.7. The third-order valence-electron chi connectivity index (χ3n) is 8.68. The van der Waals surface area contributed by atoms with Gasteiger partial charge in [0.05, 0.1) is 5.56 Å². The van der Waals surface area contributed by atoms with Crippen molar-refractivity contribution >= 4 is 33.6 Å². The molecule has 1 aliphatic carbocycles. The molecule has 1 N–H and O–H groups in total. The number of hydrogen-bond acceptors (Lipinski definition) is 7. The van der Waals surface area contributed by atoms with Gasteiger partial charge in [0.15, 0.2) is 5.58 Å². The van der Waals surface area contributed by atoms with Gasteiger partial charge in [0.25, 0.3) is 6.43 Å². The van der Waals surface area contributed by atoms with E-state index in [9.17, 15) is 13.6 Å². The van der Waals surface area contributed by atoms with Crippen LogP contribution in [0, 0.1) is 11.3 Å². The molecule has 0 bridgehead atoms. The molecule has 4 aromatic rings. The first kappa shape index (κ1) is 24.5. The zero-order valence-electron chi connectivity index (χ0n) is 21.6. The number of aromatic nitrogens is 3. The first-order valence-corrected chi connectivity index (χ1v) is 13.4. The normalized spacial score (nSPS) is 23.8. The van der Waals surface area contributed by atoms with Crippen LogP contribution in [0.2, 0.25) is 0 Å². The van der Waals surface area contributed by atoms with Crippen LogP contribution in [-0.2, 0) is 9.53 Å². The molecule has 1 saturated carbocycles. The Morgan fingerprint density at radius 1 is 1.15 bits per heavy atom. The van der Waals surface area contributed by atoms with Gasteiger partial charge in [-0.05, 0) is 74.4 Å². The second kappa shape index (κ2) is 9.31. The zero-order valence-corrected chi connectivity index (χ0v) is 21.6. The summed E-state index contributed by atoms with van der Waals surface area (Å²) in [5.41, 5.74) is 2.64. The van der Waals surface area contributed by atoms with Crippen molar-refractivity contribution < 1.29 is 22.7 Å². The second-order valence-corrected chi connectivity index (χ2v) is 11.2. The highest BCUT2D eigenvalue weighted by molar-refractivity contribution is 6.00. The Morgan fingerprint density at radius 3 is 2.77 bits per heavy atom. The number of nitrogens with one attached hydrogen (secondary N) is 1. The molecule has 1 spiro atoms. The number of nitrogens with zero attached hydrogens (tertiary/aromatic N) is 4. The van der Waals surface area contributed by atoms with Gasteiger partial charge in [0.2, 0.25) is 11.8 Å². The van der Waals surface area contributed by atoms with Gasteiger partial charge in [-0.3, -0.25) is 9.78 Å². The maximum Gasteiger partial charge on any atom is 0.281 e. The molecule has 3 aliphatic rings. The minimum absolute atomic E-state index is 0.0509. The number of hydrogen-bond donors (Lipinski definition) is 1. The highest BCUT2D eigenvalue weighted by Crippen LogP contribution is 2.58. The van der Waals surface area contributed by atoms with Crippen LogP contribution in [0.5, 0.6) is 0 Å². The van der Waals surface area contributed by atoms with Crippen LogP contribution in [0.1, 0.15) is 49.3 Å². The second-order valence-electron chi connectivity index (χ2n) is 11.2. The quantitative estimate of drug-likeness (QED) is 0.360. The predicted octanol–water partition coefficient (Wildman–Crippen LogP) is 5.55. The predicted molar refractivity (Wildman–Crippen MR) is 142 cm³/mol. The number of carbonyl (C=O) groups is 1. The van der Waals surface area contributed by atoms with Crippen LogP contribution >= 0.6 is 0 Å². The fourth-order valence-electron chi connectivity index (χ4n) is 6.40. The van der Waals surface area contributed by atoms with Crippen molar-refractivity contribution in [1.82, 2.24) is 19.9 Å². The lowest BCUT2D eigenvalue weighted by atomic mass is 9.91. The smallest absolute Gasteiger partial charge is 0.281 e. The number of amides is 1. The number of carbonyl (C=O) groups excluding carboxylic acids is 1. The van der Waals surface area contributed by atoms with Gasteiger partial charge in [-0.15, -0.1) is 0 Å². The van der Waals surface area contributed by atoms with E-state index in [0.29, 0.717) is 33.8 Å². The minimum atomic E-state index is -2.78. The Hall–Kier alpha value is -3.50. The Labute approximate surface area is 223 Å². The lowest BCUT2D eigenvalue weighted by Crippen LogP contribution is -2.21. The van der Waals surface area contributed by atoms with E-state index in [4.69, 9.17) is 14.1 Å². The summed E-state index contributed by atoms with van der Waals surface area (Å²) in [6.45, 7) is 3.39. The van der Waals surface area contributed by atoms with Crippen LogP contribution in [0.15, 0.2) is 41.1 Å². The summed E-state index contributed by atoms with van der Waals surface area (Å²) in [5, 5.41) is 3.57. The molecule has 7 rings (SSSR count). The van der Waals surface area contributed by atoms with Gasteiger partial charge in [-0.1, -0.05) is 6.07 Å². The first-order valence-electron chi connectivity index (χ1n) is 13.4. The van der Waals surface area contributed by atoms with E-state index in [1.807, 2.05) is 18.2 Å². The Balaban J connectivity index is 1.23. The molecular formula is C29H29F2N5O3. The summed E-state index contributed by atoms with van der Waals surface area (Å²) in [7, 11) is 2.07.